The Morgan fingerprint density at radius 3 is 2.00 bits per heavy atom. The molecule has 13 heavy (non-hydrogen) atoms. The van der Waals surface area contributed by atoms with Crippen molar-refractivity contribution in [2.45, 2.75) is 33.6 Å². The zero-order chi connectivity index (χ0) is 9.84. The molecule has 0 fully saturated rings. The zero-order valence-electron chi connectivity index (χ0n) is 8.99. The lowest BCUT2D eigenvalue weighted by Crippen LogP contribution is -2.14. The number of hydrogen-bond acceptors (Lipinski definition) is 1. The van der Waals surface area contributed by atoms with Crippen LogP contribution in [-0.2, 0) is 0 Å². The molecule has 0 aromatic carbocycles. The molecular formula is C12H19N. The van der Waals surface area contributed by atoms with Gasteiger partial charge in [-0.1, -0.05) is 33.8 Å². The predicted molar refractivity (Wildman–Crippen MR) is 56.7 cm³/mol. The van der Waals surface area contributed by atoms with Crippen molar-refractivity contribution in [1.82, 2.24) is 4.98 Å². The normalized spacial score (nSPS) is 11.6. The van der Waals surface area contributed by atoms with Gasteiger partial charge in [0.05, 0.1) is 0 Å². The molecule has 1 rings (SSSR count). The van der Waals surface area contributed by atoms with Crippen molar-refractivity contribution in [3.63, 3.8) is 0 Å². The highest BCUT2D eigenvalue weighted by Crippen LogP contribution is 2.29. The summed E-state index contributed by atoms with van der Waals surface area (Å²) in [4.78, 5) is 4.42. The minimum atomic E-state index is 0.584. The molecule has 0 saturated carbocycles. The monoisotopic (exact) mass is 177 g/mol. The summed E-state index contributed by atoms with van der Waals surface area (Å²) in [6.07, 6.45) is 1.88. The van der Waals surface area contributed by atoms with Gasteiger partial charge in [-0.25, -0.2) is 0 Å². The largest absolute Gasteiger partial charge is 0.261 e. The fourth-order valence-corrected chi connectivity index (χ4v) is 2.03. The highest BCUT2D eigenvalue weighted by molar-refractivity contribution is 5.10. The summed E-state index contributed by atoms with van der Waals surface area (Å²) >= 11 is 0. The van der Waals surface area contributed by atoms with Crippen LogP contribution in [0.25, 0.3) is 0 Å². The van der Waals surface area contributed by atoms with Gasteiger partial charge in [-0.15, -0.1) is 0 Å². The molecule has 72 valence electrons. The van der Waals surface area contributed by atoms with Crippen LogP contribution in [0.5, 0.6) is 0 Å². The first-order valence-electron chi connectivity index (χ1n) is 5.04. The molecule has 1 nitrogen and oxygen atoms in total. The van der Waals surface area contributed by atoms with Crippen molar-refractivity contribution < 1.29 is 0 Å². The van der Waals surface area contributed by atoms with Crippen LogP contribution in [0.15, 0.2) is 24.4 Å². The van der Waals surface area contributed by atoms with Crippen LogP contribution in [0.4, 0.5) is 0 Å². The Morgan fingerprint density at radius 2 is 1.62 bits per heavy atom. The van der Waals surface area contributed by atoms with E-state index in [1.807, 2.05) is 12.3 Å². The maximum Gasteiger partial charge on any atom is 0.0439 e. The third kappa shape index (κ3) is 2.55. The van der Waals surface area contributed by atoms with E-state index in [1.165, 1.54) is 5.69 Å². The van der Waals surface area contributed by atoms with E-state index in [-0.39, 0.29) is 0 Å². The average Bonchev–Trinajstić information content (AvgIpc) is 2.04. The van der Waals surface area contributed by atoms with E-state index >= 15 is 0 Å². The molecule has 1 aromatic rings. The van der Waals surface area contributed by atoms with E-state index in [0.29, 0.717) is 17.8 Å². The van der Waals surface area contributed by atoms with Crippen LogP contribution in [0.1, 0.15) is 39.3 Å². The fourth-order valence-electron chi connectivity index (χ4n) is 2.03. The molecule has 0 atom stereocenters. The number of aromatic nitrogens is 1. The second kappa shape index (κ2) is 4.40. The summed E-state index contributed by atoms with van der Waals surface area (Å²) in [5, 5.41) is 0. The summed E-state index contributed by atoms with van der Waals surface area (Å²) in [7, 11) is 0. The Hall–Kier alpha value is -0.850. The molecule has 0 saturated heterocycles. The van der Waals surface area contributed by atoms with Gasteiger partial charge in [0.2, 0.25) is 0 Å². The average molecular weight is 177 g/mol. The predicted octanol–water partition coefficient (Wildman–Crippen LogP) is 3.48. The molecule has 0 aliphatic rings. The topological polar surface area (TPSA) is 12.9 Å². The molecule has 0 amide bonds. The number of pyridine rings is 1. The van der Waals surface area contributed by atoms with Crippen LogP contribution in [-0.4, -0.2) is 4.98 Å². The second-order valence-corrected chi connectivity index (χ2v) is 4.27. The van der Waals surface area contributed by atoms with Crippen LogP contribution in [0.3, 0.4) is 0 Å². The van der Waals surface area contributed by atoms with Crippen molar-refractivity contribution >= 4 is 0 Å². The van der Waals surface area contributed by atoms with Crippen molar-refractivity contribution in [2.24, 2.45) is 11.8 Å². The Kier molecular flexibility index (Phi) is 3.47. The summed E-state index contributed by atoms with van der Waals surface area (Å²) in [5.74, 6) is 1.91. The Morgan fingerprint density at radius 1 is 1.00 bits per heavy atom. The molecule has 1 heterocycles. The SMILES string of the molecule is CC(C)C(c1ccccn1)C(C)C. The zero-order valence-corrected chi connectivity index (χ0v) is 8.99. The van der Waals surface area contributed by atoms with Crippen LogP contribution >= 0.6 is 0 Å². The Balaban J connectivity index is 2.89. The van der Waals surface area contributed by atoms with E-state index in [2.05, 4.69) is 44.8 Å². The lowest BCUT2D eigenvalue weighted by molar-refractivity contribution is 0.380. The number of rotatable bonds is 3. The van der Waals surface area contributed by atoms with Crippen molar-refractivity contribution in [3.8, 4) is 0 Å². The van der Waals surface area contributed by atoms with Gasteiger partial charge in [0.15, 0.2) is 0 Å². The molecule has 0 radical (unpaired) electrons. The van der Waals surface area contributed by atoms with E-state index in [4.69, 9.17) is 0 Å². The Labute approximate surface area is 81.2 Å². The van der Waals surface area contributed by atoms with Crippen molar-refractivity contribution in [1.29, 1.82) is 0 Å². The highest BCUT2D eigenvalue weighted by atomic mass is 14.7. The van der Waals surface area contributed by atoms with E-state index in [1.54, 1.807) is 0 Å². The van der Waals surface area contributed by atoms with Gasteiger partial charge in [-0.05, 0) is 24.0 Å². The van der Waals surface area contributed by atoms with Crippen LogP contribution < -0.4 is 0 Å². The van der Waals surface area contributed by atoms with Gasteiger partial charge >= 0.3 is 0 Å². The quantitative estimate of drug-likeness (QED) is 0.689. The van der Waals surface area contributed by atoms with Crippen molar-refractivity contribution in [3.05, 3.63) is 30.1 Å². The van der Waals surface area contributed by atoms with Gasteiger partial charge in [0, 0.05) is 17.8 Å². The molecule has 0 aliphatic carbocycles. The lowest BCUT2D eigenvalue weighted by Gasteiger charge is -2.23. The van der Waals surface area contributed by atoms with Gasteiger partial charge < -0.3 is 0 Å². The third-order valence-corrected chi connectivity index (χ3v) is 2.47. The summed E-state index contributed by atoms with van der Waals surface area (Å²) in [6.45, 7) is 9.05. The summed E-state index contributed by atoms with van der Waals surface area (Å²) in [6, 6.07) is 6.17. The molecule has 0 N–H and O–H groups in total. The number of hydrogen-bond donors (Lipinski definition) is 0. The smallest absolute Gasteiger partial charge is 0.0439 e. The molecule has 1 aromatic heterocycles. The van der Waals surface area contributed by atoms with Gasteiger partial charge in [0.25, 0.3) is 0 Å². The summed E-state index contributed by atoms with van der Waals surface area (Å²) < 4.78 is 0. The second-order valence-electron chi connectivity index (χ2n) is 4.27. The number of nitrogens with zero attached hydrogens (tertiary/aromatic N) is 1. The van der Waals surface area contributed by atoms with Gasteiger partial charge in [-0.3, -0.25) is 4.98 Å². The Bertz CT molecular complexity index is 231. The molecule has 1 heteroatoms. The maximum absolute atomic E-state index is 4.42. The fraction of sp³-hybridized carbons (Fsp3) is 0.583. The van der Waals surface area contributed by atoms with Gasteiger partial charge in [-0.2, -0.15) is 0 Å². The van der Waals surface area contributed by atoms with E-state index < -0.39 is 0 Å². The highest BCUT2D eigenvalue weighted by Gasteiger charge is 2.20. The minimum Gasteiger partial charge on any atom is -0.261 e. The molecule has 0 spiro atoms. The molecule has 0 unspecified atom stereocenters. The minimum absolute atomic E-state index is 0.584. The summed E-state index contributed by atoms with van der Waals surface area (Å²) in [5.41, 5.74) is 1.23. The maximum atomic E-state index is 4.42. The third-order valence-electron chi connectivity index (χ3n) is 2.47. The molecule has 0 bridgehead atoms. The van der Waals surface area contributed by atoms with E-state index in [0.717, 1.165) is 0 Å². The first-order chi connectivity index (χ1) is 6.13. The van der Waals surface area contributed by atoms with Gasteiger partial charge in [0.1, 0.15) is 0 Å². The standard InChI is InChI=1S/C12H19N/c1-9(2)12(10(3)4)11-7-5-6-8-13-11/h5-10,12H,1-4H3. The van der Waals surface area contributed by atoms with Crippen LogP contribution in [0.2, 0.25) is 0 Å². The van der Waals surface area contributed by atoms with E-state index in [9.17, 15) is 0 Å². The van der Waals surface area contributed by atoms with Crippen LogP contribution in [0, 0.1) is 11.8 Å². The first kappa shape index (κ1) is 10.2. The molecular weight excluding hydrogens is 158 g/mol. The van der Waals surface area contributed by atoms with Crippen molar-refractivity contribution in [2.75, 3.05) is 0 Å². The molecule has 0 aliphatic heterocycles. The lowest BCUT2D eigenvalue weighted by atomic mass is 9.83. The first-order valence-corrected chi connectivity index (χ1v) is 5.04.